The van der Waals surface area contributed by atoms with Gasteiger partial charge in [-0.15, -0.1) is 0 Å². The number of carbonyl (C=O) groups excluding carboxylic acids is 1. The molecule has 4 aliphatic carbocycles. The standard InChI is InChI=1S/C15H24O2/c1-5-11(16)14(4)8-15(14)10-6-9(7-12(15)17)13(10,2)3/h9-11,16H,5-8H2,1-4H3/t9-,10-,11?,14+,15+/m1/s1. The maximum absolute atomic E-state index is 12.4. The summed E-state index contributed by atoms with van der Waals surface area (Å²) in [6.45, 7) is 8.78. The molecule has 2 bridgehead atoms. The predicted molar refractivity (Wildman–Crippen MR) is 66.5 cm³/mol. The molecular formula is C15H24O2. The Labute approximate surface area is 104 Å². The van der Waals surface area contributed by atoms with Crippen LogP contribution < -0.4 is 0 Å². The summed E-state index contributed by atoms with van der Waals surface area (Å²) < 4.78 is 0. The molecule has 4 saturated carbocycles. The van der Waals surface area contributed by atoms with Crippen molar-refractivity contribution in [3.63, 3.8) is 0 Å². The molecule has 5 atom stereocenters. The zero-order valence-electron chi connectivity index (χ0n) is 11.4. The summed E-state index contributed by atoms with van der Waals surface area (Å²) in [5.41, 5.74) is 0.0198. The molecule has 0 amide bonds. The summed E-state index contributed by atoms with van der Waals surface area (Å²) in [4.78, 5) is 12.4. The third-order valence-corrected chi connectivity index (χ3v) is 6.66. The Hall–Kier alpha value is -0.370. The lowest BCUT2D eigenvalue weighted by molar-refractivity contribution is -0.168. The molecule has 0 aromatic carbocycles. The topological polar surface area (TPSA) is 37.3 Å². The van der Waals surface area contributed by atoms with Crippen molar-refractivity contribution in [2.75, 3.05) is 0 Å². The Kier molecular flexibility index (Phi) is 2.04. The van der Waals surface area contributed by atoms with Crippen LogP contribution in [0.5, 0.6) is 0 Å². The largest absolute Gasteiger partial charge is 0.393 e. The molecule has 2 heteroatoms. The Balaban J connectivity index is 1.96. The minimum atomic E-state index is -0.306. The Morgan fingerprint density at radius 2 is 2.06 bits per heavy atom. The van der Waals surface area contributed by atoms with Crippen LogP contribution >= 0.6 is 0 Å². The first-order chi connectivity index (χ1) is 7.80. The zero-order chi connectivity index (χ0) is 12.6. The number of hydrogen-bond acceptors (Lipinski definition) is 2. The van der Waals surface area contributed by atoms with E-state index in [0.29, 0.717) is 23.0 Å². The second kappa shape index (κ2) is 2.96. The number of fused-ring (bicyclic) bond motifs is 1. The zero-order valence-corrected chi connectivity index (χ0v) is 11.4. The van der Waals surface area contributed by atoms with Crippen molar-refractivity contribution in [3.8, 4) is 0 Å². The molecular weight excluding hydrogens is 212 g/mol. The monoisotopic (exact) mass is 236 g/mol. The maximum atomic E-state index is 12.4. The van der Waals surface area contributed by atoms with Crippen LogP contribution in [0.25, 0.3) is 0 Å². The van der Waals surface area contributed by atoms with Crippen LogP contribution in [0.1, 0.15) is 53.4 Å². The summed E-state index contributed by atoms with van der Waals surface area (Å²) in [7, 11) is 0. The molecule has 0 aromatic heterocycles. The van der Waals surface area contributed by atoms with Gasteiger partial charge in [0.2, 0.25) is 0 Å². The highest BCUT2D eigenvalue weighted by molar-refractivity contribution is 5.92. The average Bonchev–Trinajstić information content (AvgIpc) is 2.89. The molecule has 1 spiro atoms. The fourth-order valence-corrected chi connectivity index (χ4v) is 5.14. The molecule has 0 saturated heterocycles. The van der Waals surface area contributed by atoms with Crippen molar-refractivity contribution >= 4 is 5.78 Å². The minimum absolute atomic E-state index is 0.133. The van der Waals surface area contributed by atoms with Gasteiger partial charge in [0.15, 0.2) is 0 Å². The van der Waals surface area contributed by atoms with Gasteiger partial charge in [0.25, 0.3) is 0 Å². The highest BCUT2D eigenvalue weighted by Crippen LogP contribution is 2.81. The molecule has 4 rings (SSSR count). The summed E-state index contributed by atoms with van der Waals surface area (Å²) >= 11 is 0. The molecule has 1 N–H and O–H groups in total. The highest BCUT2D eigenvalue weighted by atomic mass is 16.3. The third-order valence-electron chi connectivity index (χ3n) is 6.66. The second-order valence-electron chi connectivity index (χ2n) is 7.42. The third kappa shape index (κ3) is 1.05. The Bertz CT molecular complexity index is 386. The predicted octanol–water partition coefficient (Wildman–Crippen LogP) is 2.79. The van der Waals surface area contributed by atoms with Crippen LogP contribution in [0, 0.1) is 28.1 Å². The van der Waals surface area contributed by atoms with Gasteiger partial charge in [0, 0.05) is 17.3 Å². The van der Waals surface area contributed by atoms with Crippen molar-refractivity contribution in [1.82, 2.24) is 0 Å². The van der Waals surface area contributed by atoms with Gasteiger partial charge in [0.05, 0.1) is 6.10 Å². The lowest BCUT2D eigenvalue weighted by Crippen LogP contribution is -2.59. The van der Waals surface area contributed by atoms with Crippen molar-refractivity contribution < 1.29 is 9.90 Å². The fraction of sp³-hybridized carbons (Fsp3) is 0.933. The Morgan fingerprint density at radius 3 is 2.59 bits per heavy atom. The number of aliphatic hydroxyl groups excluding tert-OH is 1. The second-order valence-corrected chi connectivity index (χ2v) is 7.42. The van der Waals surface area contributed by atoms with E-state index in [4.69, 9.17) is 0 Å². The number of Topliss-reactive ketones (excluding diaryl/α,β-unsaturated/α-hetero) is 1. The first kappa shape index (κ1) is 11.7. The smallest absolute Gasteiger partial charge is 0.140 e. The van der Waals surface area contributed by atoms with Crippen LogP contribution in [0.3, 0.4) is 0 Å². The summed E-state index contributed by atoms with van der Waals surface area (Å²) in [5.74, 6) is 1.58. The summed E-state index contributed by atoms with van der Waals surface area (Å²) in [5, 5.41) is 10.2. The van der Waals surface area contributed by atoms with E-state index in [1.165, 1.54) is 6.42 Å². The quantitative estimate of drug-likeness (QED) is 0.800. The molecule has 1 unspecified atom stereocenters. The summed E-state index contributed by atoms with van der Waals surface area (Å²) in [6, 6.07) is 0. The SMILES string of the molecule is CCC(O)[C@]1(C)C[C@]12C(=O)C[C@H]1C[C@@H]2C1(C)C. The van der Waals surface area contributed by atoms with Crippen molar-refractivity contribution in [2.24, 2.45) is 28.1 Å². The maximum Gasteiger partial charge on any atom is 0.140 e. The van der Waals surface area contributed by atoms with Gasteiger partial charge in [0.1, 0.15) is 5.78 Å². The van der Waals surface area contributed by atoms with Crippen LogP contribution in [-0.2, 0) is 4.79 Å². The normalized spacial score (nSPS) is 52.2. The van der Waals surface area contributed by atoms with E-state index in [1.807, 2.05) is 6.92 Å². The van der Waals surface area contributed by atoms with Gasteiger partial charge in [-0.3, -0.25) is 4.79 Å². The van der Waals surface area contributed by atoms with Crippen molar-refractivity contribution in [2.45, 2.75) is 59.5 Å². The molecule has 4 aliphatic rings. The van der Waals surface area contributed by atoms with Crippen molar-refractivity contribution in [3.05, 3.63) is 0 Å². The number of rotatable bonds is 2. The van der Waals surface area contributed by atoms with Crippen LogP contribution in [0.4, 0.5) is 0 Å². The molecule has 0 aromatic rings. The molecule has 96 valence electrons. The molecule has 0 aliphatic heterocycles. The van der Waals surface area contributed by atoms with Gasteiger partial charge in [-0.2, -0.15) is 0 Å². The summed E-state index contributed by atoms with van der Waals surface area (Å²) in [6.07, 6.45) is 3.36. The number of aliphatic hydroxyl groups is 1. The van der Waals surface area contributed by atoms with E-state index >= 15 is 0 Å². The first-order valence-corrected chi connectivity index (χ1v) is 7.02. The van der Waals surface area contributed by atoms with E-state index in [-0.39, 0.29) is 16.9 Å². The van der Waals surface area contributed by atoms with E-state index in [0.717, 1.165) is 19.3 Å². The van der Waals surface area contributed by atoms with Crippen LogP contribution in [-0.4, -0.2) is 17.0 Å². The molecule has 2 nitrogen and oxygen atoms in total. The highest BCUT2D eigenvalue weighted by Gasteiger charge is 2.80. The lowest BCUT2D eigenvalue weighted by atomic mass is 9.42. The van der Waals surface area contributed by atoms with E-state index in [1.54, 1.807) is 0 Å². The molecule has 0 radical (unpaired) electrons. The van der Waals surface area contributed by atoms with Gasteiger partial charge in [-0.25, -0.2) is 0 Å². The number of ketones is 1. The average molecular weight is 236 g/mol. The Morgan fingerprint density at radius 1 is 1.41 bits per heavy atom. The van der Waals surface area contributed by atoms with E-state index in [2.05, 4.69) is 20.8 Å². The van der Waals surface area contributed by atoms with Gasteiger partial charge >= 0.3 is 0 Å². The van der Waals surface area contributed by atoms with Crippen LogP contribution in [0.2, 0.25) is 0 Å². The van der Waals surface area contributed by atoms with Gasteiger partial charge < -0.3 is 5.11 Å². The van der Waals surface area contributed by atoms with Gasteiger partial charge in [-0.05, 0) is 36.5 Å². The van der Waals surface area contributed by atoms with E-state index in [9.17, 15) is 9.90 Å². The lowest BCUT2D eigenvalue weighted by Gasteiger charge is -2.61. The molecule has 0 heterocycles. The molecule has 17 heavy (non-hydrogen) atoms. The van der Waals surface area contributed by atoms with Crippen LogP contribution in [0.15, 0.2) is 0 Å². The number of carbonyl (C=O) groups is 1. The first-order valence-electron chi connectivity index (χ1n) is 7.02. The number of hydrogen-bond donors (Lipinski definition) is 1. The fourth-order valence-electron chi connectivity index (χ4n) is 5.14. The molecule has 4 fully saturated rings. The van der Waals surface area contributed by atoms with Crippen molar-refractivity contribution in [1.29, 1.82) is 0 Å². The minimum Gasteiger partial charge on any atom is -0.393 e. The van der Waals surface area contributed by atoms with Gasteiger partial charge in [-0.1, -0.05) is 27.7 Å². The van der Waals surface area contributed by atoms with E-state index < -0.39 is 0 Å².